The Labute approximate surface area is 127 Å². The van der Waals surface area contributed by atoms with E-state index >= 15 is 0 Å². The van der Waals surface area contributed by atoms with Crippen molar-refractivity contribution in [2.45, 2.75) is 25.6 Å². The molecule has 0 saturated heterocycles. The number of hydrogen-bond donors (Lipinski definition) is 1. The Bertz CT molecular complexity index is 577. The fourth-order valence-electron chi connectivity index (χ4n) is 2.82. The summed E-state index contributed by atoms with van der Waals surface area (Å²) in [6, 6.07) is 21.9. The van der Waals surface area contributed by atoms with Gasteiger partial charge >= 0.3 is 0 Å². The number of benzene rings is 2. The second-order valence-electron chi connectivity index (χ2n) is 5.62. The van der Waals surface area contributed by atoms with Crippen LogP contribution in [0.4, 0.5) is 5.69 Å². The molecule has 0 radical (unpaired) electrons. The van der Waals surface area contributed by atoms with Gasteiger partial charge in [0.2, 0.25) is 0 Å². The van der Waals surface area contributed by atoms with Crippen molar-refractivity contribution in [3.63, 3.8) is 0 Å². The average molecular weight is 278 g/mol. The highest BCUT2D eigenvalue weighted by Crippen LogP contribution is 2.19. The molecule has 2 atom stereocenters. The van der Waals surface area contributed by atoms with Gasteiger partial charge < -0.3 is 5.32 Å². The van der Waals surface area contributed by atoms with Gasteiger partial charge in [0, 0.05) is 24.8 Å². The zero-order chi connectivity index (χ0) is 14.5. The molecule has 2 heteroatoms. The molecule has 0 spiro atoms. The molecule has 21 heavy (non-hydrogen) atoms. The fourth-order valence-corrected chi connectivity index (χ4v) is 2.82. The lowest BCUT2D eigenvalue weighted by atomic mass is 10.0. The maximum atomic E-state index is 3.62. The second-order valence-corrected chi connectivity index (χ2v) is 5.62. The first-order chi connectivity index (χ1) is 10.3. The number of nitrogens with zero attached hydrogens (tertiary/aromatic N) is 1. The Morgan fingerprint density at radius 1 is 1.00 bits per heavy atom. The van der Waals surface area contributed by atoms with Gasteiger partial charge in [-0.15, -0.1) is 0 Å². The van der Waals surface area contributed by atoms with Crippen LogP contribution >= 0.6 is 0 Å². The summed E-state index contributed by atoms with van der Waals surface area (Å²) in [4.78, 5) is 2.51. The maximum Gasteiger partial charge on any atom is 0.0598 e. The van der Waals surface area contributed by atoms with Crippen molar-refractivity contribution in [2.24, 2.45) is 0 Å². The normalized spacial score (nSPS) is 22.1. The van der Waals surface area contributed by atoms with Crippen LogP contribution in [0, 0.1) is 0 Å². The van der Waals surface area contributed by atoms with Crippen molar-refractivity contribution in [2.75, 3.05) is 11.9 Å². The van der Waals surface area contributed by atoms with Gasteiger partial charge in [0.15, 0.2) is 0 Å². The van der Waals surface area contributed by atoms with Crippen molar-refractivity contribution < 1.29 is 0 Å². The number of hydrogen-bond acceptors (Lipinski definition) is 2. The molecule has 108 valence electrons. The molecule has 2 aromatic carbocycles. The molecule has 1 heterocycles. The third-order valence-electron chi connectivity index (χ3n) is 4.11. The molecule has 1 aliphatic heterocycles. The Balaban J connectivity index is 1.67. The first-order valence-electron chi connectivity index (χ1n) is 7.59. The highest BCUT2D eigenvalue weighted by molar-refractivity contribution is 5.45. The third-order valence-corrected chi connectivity index (χ3v) is 4.11. The van der Waals surface area contributed by atoms with E-state index < -0.39 is 0 Å². The molecule has 0 aromatic heterocycles. The quantitative estimate of drug-likeness (QED) is 0.853. The minimum Gasteiger partial charge on any atom is -0.377 e. The molecular weight excluding hydrogens is 256 g/mol. The smallest absolute Gasteiger partial charge is 0.0598 e. The molecule has 0 saturated carbocycles. The van der Waals surface area contributed by atoms with E-state index in [0.29, 0.717) is 12.1 Å². The summed E-state index contributed by atoms with van der Waals surface area (Å²) in [6.45, 7) is 4.31. The van der Waals surface area contributed by atoms with Crippen molar-refractivity contribution >= 4 is 5.69 Å². The van der Waals surface area contributed by atoms with E-state index in [4.69, 9.17) is 0 Å². The van der Waals surface area contributed by atoms with E-state index in [9.17, 15) is 0 Å². The van der Waals surface area contributed by atoms with Crippen LogP contribution in [0.2, 0.25) is 0 Å². The Morgan fingerprint density at radius 2 is 1.67 bits per heavy atom. The topological polar surface area (TPSA) is 15.3 Å². The van der Waals surface area contributed by atoms with Crippen LogP contribution in [0.15, 0.2) is 72.8 Å². The summed E-state index contributed by atoms with van der Waals surface area (Å²) >= 11 is 0. The van der Waals surface area contributed by atoms with E-state index in [1.165, 1.54) is 11.3 Å². The molecule has 3 rings (SSSR count). The number of rotatable bonds is 4. The van der Waals surface area contributed by atoms with Crippen molar-refractivity contribution in [1.82, 2.24) is 4.90 Å². The average Bonchev–Trinajstić information content (AvgIpc) is 2.53. The Hall–Kier alpha value is -2.06. The maximum absolute atomic E-state index is 3.62. The van der Waals surface area contributed by atoms with E-state index in [1.807, 2.05) is 6.07 Å². The fraction of sp³-hybridized carbons (Fsp3) is 0.263. The molecule has 0 unspecified atom stereocenters. The number of para-hydroxylation sites is 1. The summed E-state index contributed by atoms with van der Waals surface area (Å²) in [5.41, 5.74) is 2.55. The van der Waals surface area contributed by atoms with Gasteiger partial charge in [-0.1, -0.05) is 60.7 Å². The molecule has 0 amide bonds. The second kappa shape index (κ2) is 6.59. The van der Waals surface area contributed by atoms with E-state index in [-0.39, 0.29) is 0 Å². The first-order valence-corrected chi connectivity index (χ1v) is 7.59. The van der Waals surface area contributed by atoms with Crippen LogP contribution in [0.5, 0.6) is 0 Å². The lowest BCUT2D eigenvalue weighted by Crippen LogP contribution is -2.46. The molecule has 0 fully saturated rings. The predicted molar refractivity (Wildman–Crippen MR) is 89.3 cm³/mol. The van der Waals surface area contributed by atoms with Crippen LogP contribution in [-0.4, -0.2) is 23.5 Å². The standard InChI is InChI=1S/C19H22N2/c1-16-19(20-18-11-6-3-7-12-18)13-8-14-21(16)15-17-9-4-2-5-10-17/h2-13,16,19-20H,14-15H2,1H3/t16-,19+/m1/s1. The van der Waals surface area contributed by atoms with Crippen LogP contribution in [0.3, 0.4) is 0 Å². The zero-order valence-corrected chi connectivity index (χ0v) is 12.4. The molecule has 1 N–H and O–H groups in total. The molecule has 1 aliphatic rings. The molecule has 0 aliphatic carbocycles. The van der Waals surface area contributed by atoms with Gasteiger partial charge in [-0.2, -0.15) is 0 Å². The van der Waals surface area contributed by atoms with E-state index in [1.54, 1.807) is 0 Å². The summed E-state index contributed by atoms with van der Waals surface area (Å²) in [5.74, 6) is 0. The van der Waals surface area contributed by atoms with E-state index in [0.717, 1.165) is 13.1 Å². The van der Waals surface area contributed by atoms with E-state index in [2.05, 4.69) is 83.9 Å². The Kier molecular flexibility index (Phi) is 4.37. The van der Waals surface area contributed by atoms with Crippen molar-refractivity contribution in [3.8, 4) is 0 Å². The Morgan fingerprint density at radius 3 is 2.38 bits per heavy atom. The highest BCUT2D eigenvalue weighted by Gasteiger charge is 2.24. The summed E-state index contributed by atoms with van der Waals surface area (Å²) < 4.78 is 0. The highest BCUT2D eigenvalue weighted by atomic mass is 15.2. The van der Waals surface area contributed by atoms with Crippen molar-refractivity contribution in [3.05, 3.63) is 78.4 Å². The minimum absolute atomic E-state index is 0.352. The van der Waals surface area contributed by atoms with Crippen LogP contribution in [0.25, 0.3) is 0 Å². The SMILES string of the molecule is C[C@@H]1[C@@H](Nc2ccccc2)C=CCN1Cc1ccccc1. The summed E-state index contributed by atoms with van der Waals surface area (Å²) in [7, 11) is 0. The lowest BCUT2D eigenvalue weighted by Gasteiger charge is -2.37. The van der Waals surface area contributed by atoms with Crippen LogP contribution in [0.1, 0.15) is 12.5 Å². The number of nitrogens with one attached hydrogen (secondary N) is 1. The van der Waals surface area contributed by atoms with Gasteiger partial charge in [0.1, 0.15) is 0 Å². The predicted octanol–water partition coefficient (Wildman–Crippen LogP) is 3.93. The summed E-state index contributed by atoms with van der Waals surface area (Å²) in [5, 5.41) is 3.62. The van der Waals surface area contributed by atoms with Gasteiger partial charge in [-0.05, 0) is 24.6 Å². The number of anilines is 1. The molecule has 0 bridgehead atoms. The molecule has 2 aromatic rings. The first kappa shape index (κ1) is 13.9. The van der Waals surface area contributed by atoms with Crippen molar-refractivity contribution in [1.29, 1.82) is 0 Å². The largest absolute Gasteiger partial charge is 0.377 e. The summed E-state index contributed by atoms with van der Waals surface area (Å²) in [6.07, 6.45) is 4.56. The van der Waals surface area contributed by atoms with Crippen LogP contribution < -0.4 is 5.32 Å². The lowest BCUT2D eigenvalue weighted by molar-refractivity contribution is 0.204. The third kappa shape index (κ3) is 3.53. The monoisotopic (exact) mass is 278 g/mol. The van der Waals surface area contributed by atoms with Gasteiger partial charge in [-0.25, -0.2) is 0 Å². The van der Waals surface area contributed by atoms with Gasteiger partial charge in [-0.3, -0.25) is 4.90 Å². The van der Waals surface area contributed by atoms with Crippen LogP contribution in [-0.2, 0) is 6.54 Å². The van der Waals surface area contributed by atoms with Gasteiger partial charge in [0.25, 0.3) is 0 Å². The minimum atomic E-state index is 0.352. The van der Waals surface area contributed by atoms with Gasteiger partial charge in [0.05, 0.1) is 6.04 Å². The molecular formula is C19H22N2. The molecule has 2 nitrogen and oxygen atoms in total. The zero-order valence-electron chi connectivity index (χ0n) is 12.4.